The standard InChI is InChI=1S/C23H25NO3.C21H21NO3/c1-2-27-23(25)22-12-10-20(11-13-22)5-4-19-6-8-21(9-7-19)18-24-14-3-16-26-17-15-24;23-21(24)20-10-8-18(9-11-20)3-2-17-4-6-19(7-5-17)16-22-12-1-14-25-15-13-22/h6-13H,2-3,14-18H2,1H3;4-11H,1,12-16H2,(H,23,24). The second-order valence-corrected chi connectivity index (χ2v) is 12.6. The number of carboxylic acids is 1. The van der Waals surface area contributed by atoms with Crippen LogP contribution in [0.3, 0.4) is 0 Å². The molecule has 52 heavy (non-hydrogen) atoms. The lowest BCUT2D eigenvalue weighted by molar-refractivity contribution is 0.0525. The zero-order valence-electron chi connectivity index (χ0n) is 29.8. The Hall–Kier alpha value is -5.22. The SMILES string of the molecule is CCOC(=O)c1ccc(C#Cc2ccc(CN3CCCOCC3)cc2)cc1.O=C(O)c1ccc(C#Cc2ccc(CN3CCCOCC3)cc2)cc1. The fourth-order valence-electron chi connectivity index (χ4n) is 5.70. The Labute approximate surface area is 307 Å². The number of ether oxygens (including phenoxy) is 3. The third-order valence-electron chi connectivity index (χ3n) is 8.58. The Kier molecular flexibility index (Phi) is 15.1. The summed E-state index contributed by atoms with van der Waals surface area (Å²) in [6, 6.07) is 30.5. The van der Waals surface area contributed by atoms with E-state index in [2.05, 4.69) is 69.9 Å². The highest BCUT2D eigenvalue weighted by atomic mass is 16.5. The van der Waals surface area contributed by atoms with E-state index in [0.29, 0.717) is 12.2 Å². The zero-order valence-corrected chi connectivity index (χ0v) is 29.8. The van der Waals surface area contributed by atoms with Crippen molar-refractivity contribution in [1.82, 2.24) is 9.80 Å². The van der Waals surface area contributed by atoms with Crippen LogP contribution in [0.5, 0.6) is 0 Å². The first-order valence-electron chi connectivity index (χ1n) is 17.9. The molecule has 0 aliphatic carbocycles. The Morgan fingerprint density at radius 2 is 0.962 bits per heavy atom. The maximum Gasteiger partial charge on any atom is 0.338 e. The van der Waals surface area contributed by atoms with Gasteiger partial charge in [-0.25, -0.2) is 9.59 Å². The Morgan fingerprint density at radius 3 is 1.35 bits per heavy atom. The molecule has 2 aliphatic rings. The van der Waals surface area contributed by atoms with Crippen LogP contribution in [0.2, 0.25) is 0 Å². The minimum absolute atomic E-state index is 0.272. The molecule has 0 atom stereocenters. The van der Waals surface area contributed by atoms with Gasteiger partial charge in [-0.3, -0.25) is 9.80 Å². The van der Waals surface area contributed by atoms with E-state index in [9.17, 15) is 9.59 Å². The molecule has 0 unspecified atom stereocenters. The molecule has 0 spiro atoms. The fraction of sp³-hybridized carbons (Fsp3) is 0.318. The summed E-state index contributed by atoms with van der Waals surface area (Å²) in [4.78, 5) is 27.3. The topological polar surface area (TPSA) is 88.5 Å². The number of rotatable bonds is 7. The van der Waals surface area contributed by atoms with Crippen molar-refractivity contribution in [2.45, 2.75) is 32.9 Å². The average Bonchev–Trinajstić information content (AvgIpc) is 3.60. The predicted octanol–water partition coefficient (Wildman–Crippen LogP) is 6.49. The molecule has 2 saturated heterocycles. The molecule has 0 aromatic heterocycles. The summed E-state index contributed by atoms with van der Waals surface area (Å²) in [6.07, 6.45) is 2.18. The van der Waals surface area contributed by atoms with Gasteiger partial charge in [-0.1, -0.05) is 47.9 Å². The van der Waals surface area contributed by atoms with Gasteiger partial charge in [-0.2, -0.15) is 0 Å². The van der Waals surface area contributed by atoms with Crippen LogP contribution >= 0.6 is 0 Å². The van der Waals surface area contributed by atoms with E-state index in [-0.39, 0.29) is 11.5 Å². The largest absolute Gasteiger partial charge is 0.478 e. The summed E-state index contributed by atoms with van der Waals surface area (Å²) in [5.74, 6) is 11.3. The molecular weight excluding hydrogens is 652 g/mol. The van der Waals surface area contributed by atoms with Gasteiger partial charge in [0.1, 0.15) is 0 Å². The van der Waals surface area contributed by atoms with Gasteiger partial charge in [-0.15, -0.1) is 0 Å². The van der Waals surface area contributed by atoms with Gasteiger partial charge >= 0.3 is 11.9 Å². The van der Waals surface area contributed by atoms with Crippen LogP contribution in [-0.2, 0) is 27.3 Å². The molecule has 2 heterocycles. The van der Waals surface area contributed by atoms with Gasteiger partial charge in [0.05, 0.1) is 30.9 Å². The molecule has 2 aliphatic heterocycles. The van der Waals surface area contributed by atoms with E-state index < -0.39 is 5.97 Å². The van der Waals surface area contributed by atoms with Crippen LogP contribution in [0.4, 0.5) is 0 Å². The normalized spacial score (nSPS) is 14.9. The molecule has 0 amide bonds. The number of carbonyl (C=O) groups excluding carboxylic acids is 1. The van der Waals surface area contributed by atoms with Crippen molar-refractivity contribution in [2.75, 3.05) is 59.2 Å². The summed E-state index contributed by atoms with van der Waals surface area (Å²) >= 11 is 0. The van der Waals surface area contributed by atoms with Crippen molar-refractivity contribution in [3.63, 3.8) is 0 Å². The van der Waals surface area contributed by atoms with Crippen molar-refractivity contribution in [3.05, 3.63) is 142 Å². The summed E-state index contributed by atoms with van der Waals surface area (Å²) in [5, 5.41) is 8.90. The lowest BCUT2D eigenvalue weighted by atomic mass is 10.1. The minimum atomic E-state index is -0.925. The molecule has 8 heteroatoms. The molecule has 1 N–H and O–H groups in total. The maximum atomic E-state index is 11.7. The fourth-order valence-corrected chi connectivity index (χ4v) is 5.70. The number of carbonyl (C=O) groups is 2. The third-order valence-corrected chi connectivity index (χ3v) is 8.58. The smallest absolute Gasteiger partial charge is 0.338 e. The van der Waals surface area contributed by atoms with Crippen LogP contribution < -0.4 is 0 Å². The van der Waals surface area contributed by atoms with Crippen molar-refractivity contribution in [2.24, 2.45) is 0 Å². The van der Waals surface area contributed by atoms with Gasteiger partial charge in [-0.05, 0) is 104 Å². The summed E-state index contributed by atoms with van der Waals surface area (Å²) in [5.41, 5.74) is 6.99. The number of hydrogen-bond donors (Lipinski definition) is 1. The average molecular weight is 699 g/mol. The highest BCUT2D eigenvalue weighted by molar-refractivity contribution is 5.89. The first kappa shape index (κ1) is 38.0. The number of nitrogens with zero attached hydrogens (tertiary/aromatic N) is 2. The number of carboxylic acid groups (broad SMARTS) is 1. The summed E-state index contributed by atoms with van der Waals surface area (Å²) in [6.45, 7) is 11.6. The molecule has 4 aromatic rings. The number of hydrogen-bond acceptors (Lipinski definition) is 7. The lowest BCUT2D eigenvalue weighted by Crippen LogP contribution is -2.25. The Bertz CT molecular complexity index is 1830. The van der Waals surface area contributed by atoms with E-state index in [4.69, 9.17) is 19.3 Å². The second-order valence-electron chi connectivity index (χ2n) is 12.6. The van der Waals surface area contributed by atoms with Gasteiger partial charge in [0.25, 0.3) is 0 Å². The van der Waals surface area contributed by atoms with E-state index in [1.807, 2.05) is 24.3 Å². The second kappa shape index (κ2) is 20.6. The monoisotopic (exact) mass is 698 g/mol. The molecule has 4 aromatic carbocycles. The minimum Gasteiger partial charge on any atom is -0.478 e. The first-order valence-corrected chi connectivity index (χ1v) is 17.9. The number of aromatic carboxylic acids is 1. The van der Waals surface area contributed by atoms with Crippen LogP contribution in [-0.4, -0.2) is 86.1 Å². The molecule has 8 nitrogen and oxygen atoms in total. The predicted molar refractivity (Wildman–Crippen MR) is 202 cm³/mol. The molecule has 2 fully saturated rings. The highest BCUT2D eigenvalue weighted by Crippen LogP contribution is 2.12. The van der Waals surface area contributed by atoms with Crippen LogP contribution in [0.25, 0.3) is 0 Å². The van der Waals surface area contributed by atoms with E-state index >= 15 is 0 Å². The zero-order chi connectivity index (χ0) is 36.4. The molecule has 6 rings (SSSR count). The van der Waals surface area contributed by atoms with Crippen molar-refractivity contribution in [1.29, 1.82) is 0 Å². The molecule has 0 saturated carbocycles. The molecule has 268 valence electrons. The van der Waals surface area contributed by atoms with E-state index in [0.717, 1.165) is 101 Å². The first-order chi connectivity index (χ1) is 25.4. The van der Waals surface area contributed by atoms with Crippen molar-refractivity contribution in [3.8, 4) is 23.7 Å². The van der Waals surface area contributed by atoms with Crippen molar-refractivity contribution >= 4 is 11.9 Å². The van der Waals surface area contributed by atoms with Gasteiger partial charge in [0.2, 0.25) is 0 Å². The van der Waals surface area contributed by atoms with Gasteiger partial charge < -0.3 is 19.3 Å². The summed E-state index contributed by atoms with van der Waals surface area (Å²) < 4.78 is 16.0. The maximum absolute atomic E-state index is 11.7. The van der Waals surface area contributed by atoms with Crippen LogP contribution in [0.15, 0.2) is 97.1 Å². The van der Waals surface area contributed by atoms with Gasteiger partial charge in [0.15, 0.2) is 0 Å². The molecule has 0 bridgehead atoms. The van der Waals surface area contributed by atoms with E-state index in [1.54, 1.807) is 43.3 Å². The number of benzene rings is 4. The number of esters is 1. The third kappa shape index (κ3) is 12.8. The lowest BCUT2D eigenvalue weighted by Gasteiger charge is -2.18. The van der Waals surface area contributed by atoms with Crippen molar-refractivity contribution < 1.29 is 28.9 Å². The molecular formula is C44H46N2O6. The Morgan fingerprint density at radius 1 is 0.577 bits per heavy atom. The van der Waals surface area contributed by atoms with Crippen LogP contribution in [0.1, 0.15) is 73.9 Å². The van der Waals surface area contributed by atoms with Gasteiger partial charge in [0, 0.05) is 74.7 Å². The molecule has 0 radical (unpaired) electrons. The van der Waals surface area contributed by atoms with Crippen LogP contribution in [0, 0.1) is 23.7 Å². The summed E-state index contributed by atoms with van der Waals surface area (Å²) in [7, 11) is 0. The quantitative estimate of drug-likeness (QED) is 0.173. The Balaban J connectivity index is 0.000000202. The van der Waals surface area contributed by atoms with E-state index in [1.165, 1.54) is 11.1 Å². The highest BCUT2D eigenvalue weighted by Gasteiger charge is 2.11.